The maximum atomic E-state index is 12.2. The molecule has 0 aromatic heterocycles. The van der Waals surface area contributed by atoms with Gasteiger partial charge in [0.15, 0.2) is 0 Å². The average Bonchev–Trinajstić information content (AvgIpc) is 2.52. The van der Waals surface area contributed by atoms with Crippen LogP contribution in [-0.4, -0.2) is 11.0 Å². The van der Waals surface area contributed by atoms with Crippen LogP contribution in [0.15, 0.2) is 54.2 Å². The van der Waals surface area contributed by atoms with Crippen molar-refractivity contribution in [3.63, 3.8) is 0 Å². The van der Waals surface area contributed by atoms with Crippen LogP contribution in [0.4, 0.5) is 11.4 Å². The highest BCUT2D eigenvalue weighted by molar-refractivity contribution is 6.31. The van der Waals surface area contributed by atoms with Gasteiger partial charge >= 0.3 is 0 Å². The minimum atomic E-state index is -0.550. The molecule has 0 unspecified atom stereocenters. The molecule has 2 rings (SSSR count). The summed E-state index contributed by atoms with van der Waals surface area (Å²) in [6, 6.07) is 13.3. The lowest BCUT2D eigenvalue weighted by molar-refractivity contribution is -0.112. The van der Waals surface area contributed by atoms with E-state index >= 15 is 0 Å². The molecule has 5 nitrogen and oxygen atoms in total. The summed E-state index contributed by atoms with van der Waals surface area (Å²) in [6.07, 6.45) is 1.28. The van der Waals surface area contributed by atoms with Crippen LogP contribution < -0.4 is 10.6 Å². The first-order valence-electron chi connectivity index (χ1n) is 6.73. The van der Waals surface area contributed by atoms with Crippen molar-refractivity contribution in [2.45, 2.75) is 6.92 Å². The number of aromatic hydroxyl groups is 1. The van der Waals surface area contributed by atoms with Crippen LogP contribution in [0.2, 0.25) is 5.02 Å². The first kappa shape index (κ1) is 16.4. The predicted molar refractivity (Wildman–Crippen MR) is 90.2 cm³/mol. The van der Waals surface area contributed by atoms with E-state index in [1.54, 1.807) is 37.3 Å². The van der Waals surface area contributed by atoms with Gasteiger partial charge in [-0.25, -0.2) is 0 Å². The van der Waals surface area contributed by atoms with Crippen molar-refractivity contribution in [3.05, 3.63) is 64.8 Å². The third-order valence-electron chi connectivity index (χ3n) is 3.11. The summed E-state index contributed by atoms with van der Waals surface area (Å²) < 4.78 is 0. The first-order valence-corrected chi connectivity index (χ1v) is 7.11. The highest BCUT2D eigenvalue weighted by Crippen LogP contribution is 2.23. The summed E-state index contributed by atoms with van der Waals surface area (Å²) >= 11 is 6.00. The summed E-state index contributed by atoms with van der Waals surface area (Å²) in [6.45, 7) is 1.78. The number of benzene rings is 2. The van der Waals surface area contributed by atoms with E-state index in [4.69, 9.17) is 16.9 Å². The summed E-state index contributed by atoms with van der Waals surface area (Å²) in [5.41, 5.74) is 1.72. The van der Waals surface area contributed by atoms with Crippen LogP contribution in [0.5, 0.6) is 5.75 Å². The molecule has 1 amide bonds. The molecule has 2 aromatic carbocycles. The lowest BCUT2D eigenvalue weighted by Crippen LogP contribution is -2.15. The lowest BCUT2D eigenvalue weighted by Gasteiger charge is -2.09. The van der Waals surface area contributed by atoms with E-state index < -0.39 is 5.91 Å². The van der Waals surface area contributed by atoms with E-state index in [9.17, 15) is 9.90 Å². The Morgan fingerprint density at radius 1 is 1.30 bits per heavy atom. The molecule has 0 bridgehead atoms. The number of rotatable bonds is 4. The zero-order chi connectivity index (χ0) is 16.8. The second kappa shape index (κ2) is 7.34. The van der Waals surface area contributed by atoms with Crippen molar-refractivity contribution in [1.82, 2.24) is 0 Å². The summed E-state index contributed by atoms with van der Waals surface area (Å²) in [5.74, 6) is -0.466. The number of hydrogen-bond donors (Lipinski definition) is 3. The first-order chi connectivity index (χ1) is 11.0. The molecule has 0 spiro atoms. The summed E-state index contributed by atoms with van der Waals surface area (Å²) in [7, 11) is 0. The Morgan fingerprint density at radius 2 is 2.04 bits per heavy atom. The van der Waals surface area contributed by atoms with Crippen LogP contribution in [0, 0.1) is 18.3 Å². The highest BCUT2D eigenvalue weighted by atomic mass is 35.5. The van der Waals surface area contributed by atoms with Crippen molar-refractivity contribution in [2.24, 2.45) is 0 Å². The fourth-order valence-electron chi connectivity index (χ4n) is 1.83. The largest absolute Gasteiger partial charge is 0.508 e. The van der Waals surface area contributed by atoms with Gasteiger partial charge < -0.3 is 15.7 Å². The average molecular weight is 328 g/mol. The van der Waals surface area contributed by atoms with E-state index in [1.165, 1.54) is 18.3 Å². The maximum Gasteiger partial charge on any atom is 0.267 e. The monoisotopic (exact) mass is 327 g/mol. The second-order valence-electron chi connectivity index (χ2n) is 4.73. The SMILES string of the molecule is Cc1c(Cl)cccc1NC(=O)/C(C#N)=C\Nc1cccc(O)c1. The minimum absolute atomic E-state index is 0.0842. The quantitative estimate of drug-likeness (QED) is 0.589. The van der Waals surface area contributed by atoms with Gasteiger partial charge in [0.25, 0.3) is 5.91 Å². The number of hydrogen-bond acceptors (Lipinski definition) is 4. The minimum Gasteiger partial charge on any atom is -0.508 e. The summed E-state index contributed by atoms with van der Waals surface area (Å²) in [5, 5.41) is 24.5. The van der Waals surface area contributed by atoms with Gasteiger partial charge in [0, 0.05) is 28.7 Å². The fraction of sp³-hybridized carbons (Fsp3) is 0.0588. The molecule has 0 saturated heterocycles. The Morgan fingerprint density at radius 3 is 2.74 bits per heavy atom. The van der Waals surface area contributed by atoms with Gasteiger partial charge in [0.05, 0.1) is 0 Å². The molecule has 0 heterocycles. The van der Waals surface area contributed by atoms with Gasteiger partial charge in [-0.3, -0.25) is 4.79 Å². The molecular weight excluding hydrogens is 314 g/mol. The number of nitriles is 1. The molecule has 0 aliphatic rings. The molecule has 2 aromatic rings. The van der Waals surface area contributed by atoms with Crippen LogP contribution in [-0.2, 0) is 4.79 Å². The second-order valence-corrected chi connectivity index (χ2v) is 5.14. The Balaban J connectivity index is 2.14. The molecule has 0 aliphatic carbocycles. The number of carbonyl (C=O) groups is 1. The van der Waals surface area contributed by atoms with Crippen LogP contribution >= 0.6 is 11.6 Å². The van der Waals surface area contributed by atoms with E-state index in [1.807, 2.05) is 6.07 Å². The number of halogens is 1. The molecular formula is C17H14ClN3O2. The van der Waals surface area contributed by atoms with E-state index in [-0.39, 0.29) is 11.3 Å². The molecule has 116 valence electrons. The van der Waals surface area contributed by atoms with Gasteiger partial charge in [-0.2, -0.15) is 5.26 Å². The van der Waals surface area contributed by atoms with Gasteiger partial charge in [-0.1, -0.05) is 23.7 Å². The Bertz CT molecular complexity index is 810. The molecule has 3 N–H and O–H groups in total. The van der Waals surface area contributed by atoms with Crippen molar-refractivity contribution in [3.8, 4) is 11.8 Å². The van der Waals surface area contributed by atoms with Crippen molar-refractivity contribution < 1.29 is 9.90 Å². The van der Waals surface area contributed by atoms with Crippen LogP contribution in [0.1, 0.15) is 5.56 Å². The Kier molecular flexibility index (Phi) is 5.23. The molecule has 0 saturated carbocycles. The Labute approximate surface area is 138 Å². The number of phenols is 1. The van der Waals surface area contributed by atoms with Crippen molar-refractivity contribution in [1.29, 1.82) is 5.26 Å². The molecule has 0 radical (unpaired) electrons. The number of phenolic OH excluding ortho intramolecular Hbond substituents is 1. The number of amides is 1. The van der Waals surface area contributed by atoms with Gasteiger partial charge in [0.1, 0.15) is 17.4 Å². The molecule has 0 aliphatic heterocycles. The van der Waals surface area contributed by atoms with Gasteiger partial charge in [0.2, 0.25) is 0 Å². The zero-order valence-corrected chi connectivity index (χ0v) is 13.1. The summed E-state index contributed by atoms with van der Waals surface area (Å²) in [4.78, 5) is 12.2. The number of anilines is 2. The normalized spacial score (nSPS) is 10.7. The Hall–Kier alpha value is -2.97. The number of nitrogens with zero attached hydrogens (tertiary/aromatic N) is 1. The molecule has 0 atom stereocenters. The van der Waals surface area contributed by atoms with Crippen LogP contribution in [0.3, 0.4) is 0 Å². The van der Waals surface area contributed by atoms with Gasteiger partial charge in [-0.05, 0) is 36.8 Å². The molecule has 23 heavy (non-hydrogen) atoms. The van der Waals surface area contributed by atoms with E-state index in [0.717, 1.165) is 5.56 Å². The van der Waals surface area contributed by atoms with E-state index in [0.29, 0.717) is 16.4 Å². The highest BCUT2D eigenvalue weighted by Gasteiger charge is 2.11. The molecule has 0 fully saturated rings. The molecule has 6 heteroatoms. The third-order valence-corrected chi connectivity index (χ3v) is 3.52. The predicted octanol–water partition coefficient (Wildman–Crippen LogP) is 3.81. The fourth-order valence-corrected chi connectivity index (χ4v) is 2.01. The smallest absolute Gasteiger partial charge is 0.267 e. The third kappa shape index (κ3) is 4.25. The lowest BCUT2D eigenvalue weighted by atomic mass is 10.2. The maximum absolute atomic E-state index is 12.2. The number of carbonyl (C=O) groups excluding carboxylic acids is 1. The van der Waals surface area contributed by atoms with Crippen molar-refractivity contribution in [2.75, 3.05) is 10.6 Å². The van der Waals surface area contributed by atoms with Crippen LogP contribution in [0.25, 0.3) is 0 Å². The van der Waals surface area contributed by atoms with Crippen molar-refractivity contribution >= 4 is 28.9 Å². The number of nitrogens with one attached hydrogen (secondary N) is 2. The topological polar surface area (TPSA) is 85.2 Å². The van der Waals surface area contributed by atoms with Gasteiger partial charge in [-0.15, -0.1) is 0 Å². The standard InChI is InChI=1S/C17H14ClN3O2/c1-11-15(18)6-3-7-16(11)21-17(23)12(9-19)10-20-13-4-2-5-14(22)8-13/h2-8,10,20,22H,1H3,(H,21,23)/b12-10-. The van der Waals surface area contributed by atoms with E-state index in [2.05, 4.69) is 10.6 Å². The zero-order valence-electron chi connectivity index (χ0n) is 12.3.